The third-order valence-electron chi connectivity index (χ3n) is 3.53. The molecule has 0 aliphatic carbocycles. The number of piperazine rings is 1. The van der Waals surface area contributed by atoms with Crippen molar-refractivity contribution in [2.75, 3.05) is 31.6 Å². The van der Waals surface area contributed by atoms with Gasteiger partial charge in [-0.1, -0.05) is 0 Å². The van der Waals surface area contributed by atoms with Gasteiger partial charge in [0.05, 0.1) is 9.82 Å². The second-order valence-corrected chi connectivity index (χ2v) is 6.75. The van der Waals surface area contributed by atoms with Gasteiger partial charge in [0, 0.05) is 31.7 Å². The third kappa shape index (κ3) is 3.14. The minimum absolute atomic E-state index is 0.101. The molecule has 0 amide bonds. The Morgan fingerprint density at radius 3 is 2.76 bits per heavy atom. The average Bonchev–Trinajstić information content (AvgIpc) is 2.47. The summed E-state index contributed by atoms with van der Waals surface area (Å²) in [6, 6.07) is 4.10. The molecule has 1 fully saturated rings. The van der Waals surface area contributed by atoms with Crippen LogP contribution in [0.4, 0.5) is 11.4 Å². The number of rotatable bonds is 4. The van der Waals surface area contributed by atoms with Crippen molar-refractivity contribution < 1.29 is 13.3 Å². The fraction of sp³-hybridized carbons (Fsp3) is 0.500. The molecule has 116 valence electrons. The first-order valence-electron chi connectivity index (χ1n) is 6.56. The highest BCUT2D eigenvalue weighted by molar-refractivity contribution is 7.89. The minimum atomic E-state index is -3.70. The molecule has 8 nitrogen and oxygen atoms in total. The Hall–Kier alpha value is -1.71. The summed E-state index contributed by atoms with van der Waals surface area (Å²) in [5, 5.41) is 14.5. The molecule has 2 rings (SSSR count). The van der Waals surface area contributed by atoms with Crippen LogP contribution in [-0.2, 0) is 10.0 Å². The van der Waals surface area contributed by atoms with Crippen molar-refractivity contribution in [3.8, 4) is 0 Å². The quantitative estimate of drug-likeness (QED) is 0.612. The van der Waals surface area contributed by atoms with Crippen LogP contribution in [0, 0.1) is 10.1 Å². The van der Waals surface area contributed by atoms with E-state index in [9.17, 15) is 18.5 Å². The van der Waals surface area contributed by atoms with Crippen LogP contribution in [0.5, 0.6) is 0 Å². The third-order valence-corrected chi connectivity index (χ3v) is 4.95. The van der Waals surface area contributed by atoms with E-state index in [0.29, 0.717) is 12.2 Å². The topological polar surface area (TPSA) is 105 Å². The van der Waals surface area contributed by atoms with Crippen LogP contribution in [0.2, 0.25) is 0 Å². The zero-order valence-electron chi connectivity index (χ0n) is 11.9. The lowest BCUT2D eigenvalue weighted by atomic mass is 10.1. The highest BCUT2D eigenvalue weighted by Gasteiger charge is 2.27. The van der Waals surface area contributed by atoms with Gasteiger partial charge in [-0.05, 0) is 26.1 Å². The molecule has 9 heteroatoms. The zero-order chi connectivity index (χ0) is 15.6. The normalized spacial score (nSPS) is 19.5. The largest absolute Gasteiger partial charge is 0.361 e. The number of anilines is 1. The molecule has 1 saturated heterocycles. The second-order valence-electron chi connectivity index (χ2n) is 4.86. The molecule has 0 aromatic heterocycles. The highest BCUT2D eigenvalue weighted by atomic mass is 32.2. The predicted octanol–water partition coefficient (Wildman–Crippen LogP) is 0.301. The smallest absolute Gasteiger partial charge is 0.293 e. The summed E-state index contributed by atoms with van der Waals surface area (Å²) < 4.78 is 25.7. The van der Waals surface area contributed by atoms with Crippen molar-refractivity contribution in [1.29, 1.82) is 0 Å². The first-order chi connectivity index (χ1) is 9.86. The van der Waals surface area contributed by atoms with Gasteiger partial charge < -0.3 is 10.2 Å². The number of nitrogens with one attached hydrogen (secondary N) is 2. The van der Waals surface area contributed by atoms with Crippen molar-refractivity contribution in [2.45, 2.75) is 17.9 Å². The van der Waals surface area contributed by atoms with Crippen molar-refractivity contribution in [2.24, 2.45) is 0 Å². The Balaban J connectivity index is 2.50. The summed E-state index contributed by atoms with van der Waals surface area (Å²) >= 11 is 0. The van der Waals surface area contributed by atoms with Gasteiger partial charge in [0.15, 0.2) is 0 Å². The van der Waals surface area contributed by atoms with E-state index in [-0.39, 0.29) is 16.6 Å². The number of hydrogen-bond donors (Lipinski definition) is 2. The van der Waals surface area contributed by atoms with Crippen LogP contribution < -0.4 is 14.9 Å². The Bertz CT molecular complexity index is 647. The molecule has 0 bridgehead atoms. The van der Waals surface area contributed by atoms with E-state index in [0.717, 1.165) is 19.2 Å². The molecule has 1 heterocycles. The maximum Gasteiger partial charge on any atom is 0.293 e. The minimum Gasteiger partial charge on any atom is -0.361 e. The molecule has 1 atom stereocenters. The lowest BCUT2D eigenvalue weighted by molar-refractivity contribution is -0.384. The molecule has 0 spiro atoms. The number of hydrogen-bond acceptors (Lipinski definition) is 6. The van der Waals surface area contributed by atoms with Crippen LogP contribution in [-0.4, -0.2) is 46.1 Å². The molecule has 1 aliphatic rings. The van der Waals surface area contributed by atoms with Gasteiger partial charge in [0.1, 0.15) is 5.69 Å². The van der Waals surface area contributed by atoms with Gasteiger partial charge in [0.2, 0.25) is 10.0 Å². The number of nitrogens with zero attached hydrogens (tertiary/aromatic N) is 2. The van der Waals surface area contributed by atoms with Gasteiger partial charge in [-0.25, -0.2) is 13.1 Å². The second kappa shape index (κ2) is 5.96. The molecular formula is C12H18N4O4S. The molecule has 21 heavy (non-hydrogen) atoms. The lowest BCUT2D eigenvalue weighted by Gasteiger charge is -2.35. The van der Waals surface area contributed by atoms with E-state index in [1.54, 1.807) is 0 Å². The molecule has 1 aliphatic heterocycles. The summed E-state index contributed by atoms with van der Waals surface area (Å²) in [5.41, 5.74) is 0.254. The maximum atomic E-state index is 11.8. The monoisotopic (exact) mass is 314 g/mol. The van der Waals surface area contributed by atoms with E-state index >= 15 is 0 Å². The summed E-state index contributed by atoms with van der Waals surface area (Å²) in [6.45, 7) is 4.07. The van der Waals surface area contributed by atoms with Crippen molar-refractivity contribution in [1.82, 2.24) is 10.0 Å². The first kappa shape index (κ1) is 15.7. The molecule has 0 saturated carbocycles. The van der Waals surface area contributed by atoms with Gasteiger partial charge >= 0.3 is 0 Å². The molecule has 1 aromatic rings. The van der Waals surface area contributed by atoms with Crippen LogP contribution >= 0.6 is 0 Å². The summed E-state index contributed by atoms with van der Waals surface area (Å²) in [4.78, 5) is 12.6. The van der Waals surface area contributed by atoms with E-state index < -0.39 is 14.9 Å². The number of benzene rings is 1. The molecule has 1 unspecified atom stereocenters. The first-order valence-corrected chi connectivity index (χ1v) is 8.04. The lowest BCUT2D eigenvalue weighted by Crippen LogP contribution is -2.50. The standard InChI is InChI=1S/C12H18N4O4S/c1-9-8-14-5-6-15(9)11-4-3-10(21(19,20)13-2)7-12(11)16(17)18/h3-4,7,9,13-14H,5-6,8H2,1-2H3. The van der Waals surface area contributed by atoms with Crippen molar-refractivity contribution in [3.63, 3.8) is 0 Å². The summed E-state index contributed by atoms with van der Waals surface area (Å²) in [7, 11) is -2.43. The van der Waals surface area contributed by atoms with Crippen LogP contribution in [0.1, 0.15) is 6.92 Å². The van der Waals surface area contributed by atoms with E-state index in [4.69, 9.17) is 0 Å². The van der Waals surface area contributed by atoms with E-state index in [1.807, 2.05) is 11.8 Å². The van der Waals surface area contributed by atoms with Crippen molar-refractivity contribution >= 4 is 21.4 Å². The molecule has 2 N–H and O–H groups in total. The van der Waals surface area contributed by atoms with Crippen LogP contribution in [0.3, 0.4) is 0 Å². The maximum absolute atomic E-state index is 11.8. The van der Waals surface area contributed by atoms with Crippen LogP contribution in [0.15, 0.2) is 23.1 Å². The molecule has 1 aromatic carbocycles. The predicted molar refractivity (Wildman–Crippen MR) is 79.0 cm³/mol. The Morgan fingerprint density at radius 1 is 1.48 bits per heavy atom. The number of nitro benzene ring substituents is 1. The summed E-state index contributed by atoms with van der Waals surface area (Å²) in [5.74, 6) is 0. The molecular weight excluding hydrogens is 296 g/mol. The van der Waals surface area contributed by atoms with E-state index in [1.165, 1.54) is 19.2 Å². The highest BCUT2D eigenvalue weighted by Crippen LogP contribution is 2.32. The summed E-state index contributed by atoms with van der Waals surface area (Å²) in [6.07, 6.45) is 0. The SMILES string of the molecule is CNS(=O)(=O)c1ccc(N2CCNCC2C)c([N+](=O)[O-])c1. The van der Waals surface area contributed by atoms with Gasteiger partial charge in [-0.2, -0.15) is 0 Å². The molecule has 0 radical (unpaired) electrons. The Morgan fingerprint density at radius 2 is 2.19 bits per heavy atom. The zero-order valence-corrected chi connectivity index (χ0v) is 12.7. The number of sulfonamides is 1. The van der Waals surface area contributed by atoms with E-state index in [2.05, 4.69) is 10.0 Å². The fourth-order valence-electron chi connectivity index (χ4n) is 2.38. The van der Waals surface area contributed by atoms with Gasteiger partial charge in [-0.3, -0.25) is 10.1 Å². The number of nitro groups is 1. The van der Waals surface area contributed by atoms with Crippen molar-refractivity contribution in [3.05, 3.63) is 28.3 Å². The fourth-order valence-corrected chi connectivity index (χ4v) is 3.13. The van der Waals surface area contributed by atoms with Crippen LogP contribution in [0.25, 0.3) is 0 Å². The van der Waals surface area contributed by atoms with Gasteiger partial charge in [0.25, 0.3) is 5.69 Å². The average molecular weight is 314 g/mol. The Kier molecular flexibility index (Phi) is 4.45. The van der Waals surface area contributed by atoms with Gasteiger partial charge in [-0.15, -0.1) is 0 Å². The Labute approximate surface area is 123 Å².